The molecular weight excluding hydrogens is 233 g/mol. The van der Waals surface area contributed by atoms with Crippen LogP contribution in [0.15, 0.2) is 0 Å². The van der Waals surface area contributed by atoms with Crippen LogP contribution in [0.2, 0.25) is 0 Å². The van der Waals surface area contributed by atoms with Crippen LogP contribution in [-0.4, -0.2) is 0 Å². The zero-order valence-corrected chi connectivity index (χ0v) is 8.73. The van der Waals surface area contributed by atoms with E-state index in [9.17, 15) is 0 Å². The summed E-state index contributed by atoms with van der Waals surface area (Å²) in [6, 6.07) is 0. The first-order valence-corrected chi connectivity index (χ1v) is 12.7. The summed E-state index contributed by atoms with van der Waals surface area (Å²) >= 11 is -0.621. The van der Waals surface area contributed by atoms with Gasteiger partial charge in [-0.2, -0.15) is 0 Å². The molecule has 0 bridgehead atoms. The fourth-order valence-corrected chi connectivity index (χ4v) is 0. The minimum absolute atomic E-state index is 0. The van der Waals surface area contributed by atoms with Crippen molar-refractivity contribution in [2.24, 2.45) is 0 Å². The molecule has 0 fully saturated rings. The summed E-state index contributed by atoms with van der Waals surface area (Å²) < 4.78 is 0. The van der Waals surface area contributed by atoms with Crippen LogP contribution in [0.25, 0.3) is 0 Å². The van der Waals surface area contributed by atoms with E-state index in [1.54, 1.807) is 0 Å². The van der Waals surface area contributed by atoms with Crippen LogP contribution in [0.1, 0.15) is 0 Å². The molecule has 0 radical (unpaired) electrons. The average Bonchev–Trinajstić information content (AvgIpc) is 0.918. The van der Waals surface area contributed by atoms with Crippen molar-refractivity contribution in [1.82, 2.24) is 0 Å². The summed E-state index contributed by atoms with van der Waals surface area (Å²) in [5, 5.41) is 0. The Morgan fingerprint density at radius 2 is 1.25 bits per heavy atom. The Morgan fingerprint density at radius 3 is 1.25 bits per heavy atom. The SMILES string of the molecule is [Ni].[P]#[Cd]#[P]. The molecule has 0 heterocycles. The average molecular weight is 233 g/mol. The van der Waals surface area contributed by atoms with Crippen LogP contribution < -0.4 is 0 Å². The standard InChI is InChI=1S/Cd.Ni.2P. The van der Waals surface area contributed by atoms with Crippen molar-refractivity contribution < 1.29 is 38.0 Å². The first kappa shape index (κ1) is 9.55. The number of hydrogen-bond donors (Lipinski definition) is 0. The molecule has 0 saturated carbocycles. The second kappa shape index (κ2) is 8.99. The van der Waals surface area contributed by atoms with Crippen LogP contribution >= 0.6 is 11.3 Å². The second-order valence-electron chi connectivity index (χ2n) is 0.141. The van der Waals surface area contributed by atoms with Crippen molar-refractivity contribution >= 4 is 11.3 Å². The molecule has 4 heavy (non-hydrogen) atoms. The normalized spacial score (nSPS) is 4.50. The topological polar surface area (TPSA) is 0 Å². The molecule has 0 saturated heterocycles. The Hall–Kier alpha value is 2.28. The van der Waals surface area contributed by atoms with Crippen LogP contribution in [0.4, 0.5) is 0 Å². The molecule has 0 nitrogen and oxygen atoms in total. The van der Waals surface area contributed by atoms with Gasteiger partial charge in [0.2, 0.25) is 0 Å². The van der Waals surface area contributed by atoms with Gasteiger partial charge >= 0.3 is 32.8 Å². The van der Waals surface area contributed by atoms with Gasteiger partial charge in [-0.1, -0.05) is 0 Å². The van der Waals surface area contributed by atoms with Crippen LogP contribution in [0.5, 0.6) is 0 Å². The van der Waals surface area contributed by atoms with Gasteiger partial charge in [0.25, 0.3) is 0 Å². The molecule has 22 valence electrons. The third-order valence-electron chi connectivity index (χ3n) is 0. The number of rotatable bonds is 0. The van der Waals surface area contributed by atoms with E-state index in [0.717, 1.165) is 0 Å². The van der Waals surface area contributed by atoms with E-state index in [1.807, 2.05) is 0 Å². The molecule has 0 aromatic rings. The number of hydrogen-bond acceptors (Lipinski definition) is 0. The van der Waals surface area contributed by atoms with Crippen LogP contribution in [0.3, 0.4) is 0 Å². The van der Waals surface area contributed by atoms with Crippen molar-refractivity contribution in [1.29, 1.82) is 0 Å². The predicted octanol–water partition coefficient (Wildman–Crippen LogP) is 1.72. The summed E-state index contributed by atoms with van der Waals surface area (Å²) in [6.07, 6.45) is 0. The van der Waals surface area contributed by atoms with E-state index < -0.39 is 21.5 Å². The fourth-order valence-electron chi connectivity index (χ4n) is 0. The molecular formula is CdNiP2. The van der Waals surface area contributed by atoms with Crippen molar-refractivity contribution in [3.8, 4) is 0 Å². The molecule has 0 spiro atoms. The van der Waals surface area contributed by atoms with Crippen molar-refractivity contribution in [3.05, 3.63) is 0 Å². The molecule has 0 N–H and O–H groups in total. The second-order valence-corrected chi connectivity index (χ2v) is 8.54. The Kier molecular flexibility index (Phi) is 21.5. The molecule has 0 aromatic carbocycles. The van der Waals surface area contributed by atoms with E-state index in [0.29, 0.717) is 0 Å². The Balaban J connectivity index is 0. The summed E-state index contributed by atoms with van der Waals surface area (Å²) in [5.41, 5.74) is 7.73. The molecule has 0 aliphatic carbocycles. The van der Waals surface area contributed by atoms with E-state index in [2.05, 4.69) is 11.3 Å². The van der Waals surface area contributed by atoms with Crippen molar-refractivity contribution in [2.75, 3.05) is 0 Å². The predicted molar refractivity (Wildman–Crippen MR) is 13.8 cm³/mol. The van der Waals surface area contributed by atoms with Gasteiger partial charge in [0.1, 0.15) is 0 Å². The monoisotopic (exact) mass is 234 g/mol. The van der Waals surface area contributed by atoms with Crippen LogP contribution in [-0.2, 0) is 38.0 Å². The maximum atomic E-state index is 3.86. The molecule has 0 aliphatic heterocycles. The van der Waals surface area contributed by atoms with Gasteiger partial charge < -0.3 is 0 Å². The third-order valence-corrected chi connectivity index (χ3v) is 0. The quantitative estimate of drug-likeness (QED) is 0.441. The molecule has 0 rings (SSSR count). The first-order valence-electron chi connectivity index (χ1n) is 0.632. The molecule has 0 atom stereocenters. The van der Waals surface area contributed by atoms with Gasteiger partial charge in [-0.15, -0.1) is 0 Å². The molecule has 0 aliphatic rings. The van der Waals surface area contributed by atoms with E-state index in [1.165, 1.54) is 0 Å². The summed E-state index contributed by atoms with van der Waals surface area (Å²) in [4.78, 5) is 0. The van der Waals surface area contributed by atoms with Gasteiger partial charge in [-0.3, -0.25) is 0 Å². The molecule has 0 amide bonds. The Morgan fingerprint density at radius 1 is 1.25 bits per heavy atom. The summed E-state index contributed by atoms with van der Waals surface area (Å²) in [5.74, 6) is 0. The fraction of sp³-hybridized carbons (Fsp3) is 0. The Bertz CT molecular complexity index is 79.2. The summed E-state index contributed by atoms with van der Waals surface area (Å²) in [6.45, 7) is 0. The van der Waals surface area contributed by atoms with E-state index in [4.69, 9.17) is 0 Å². The molecule has 0 aromatic heterocycles. The van der Waals surface area contributed by atoms with Crippen molar-refractivity contribution in [3.63, 3.8) is 0 Å². The van der Waals surface area contributed by atoms with E-state index >= 15 is 0 Å². The summed E-state index contributed by atoms with van der Waals surface area (Å²) in [7, 11) is 0. The molecule has 0 unspecified atom stereocenters. The Labute approximate surface area is 48.9 Å². The van der Waals surface area contributed by atoms with Crippen molar-refractivity contribution in [2.45, 2.75) is 0 Å². The third kappa shape index (κ3) is 8.86. The van der Waals surface area contributed by atoms with Gasteiger partial charge in [0.15, 0.2) is 0 Å². The van der Waals surface area contributed by atoms with Crippen LogP contribution in [0, 0.1) is 0 Å². The van der Waals surface area contributed by atoms with Gasteiger partial charge in [0, 0.05) is 16.5 Å². The van der Waals surface area contributed by atoms with Gasteiger partial charge in [-0.25, -0.2) is 0 Å². The van der Waals surface area contributed by atoms with Gasteiger partial charge in [0.05, 0.1) is 0 Å². The molecule has 4 heteroatoms. The zero-order valence-electron chi connectivity index (χ0n) is 1.92. The maximum absolute atomic E-state index is 3.86. The first-order chi connectivity index (χ1) is 1.41. The van der Waals surface area contributed by atoms with Gasteiger partial charge in [-0.05, 0) is 0 Å². The van der Waals surface area contributed by atoms with E-state index in [-0.39, 0.29) is 16.5 Å². The zero-order chi connectivity index (χ0) is 2.71. The minimum atomic E-state index is -0.621.